The lowest BCUT2D eigenvalue weighted by Gasteiger charge is -2.07. The Morgan fingerprint density at radius 1 is 1.38 bits per heavy atom. The summed E-state index contributed by atoms with van der Waals surface area (Å²) in [7, 11) is 0. The third-order valence-corrected chi connectivity index (χ3v) is 0.820. The van der Waals surface area contributed by atoms with Crippen molar-refractivity contribution in [3.8, 4) is 0 Å². The van der Waals surface area contributed by atoms with E-state index in [1.54, 1.807) is 0 Å². The fourth-order valence-electron chi connectivity index (χ4n) is 0.332. The van der Waals surface area contributed by atoms with Crippen LogP contribution in [0, 0.1) is 5.92 Å². The molecule has 0 saturated carbocycles. The van der Waals surface area contributed by atoms with Crippen LogP contribution in [0.1, 0.15) is 20.8 Å². The van der Waals surface area contributed by atoms with Crippen molar-refractivity contribution in [2.24, 2.45) is 5.92 Å². The molecule has 0 aromatic carbocycles. The molecule has 0 saturated heterocycles. The van der Waals surface area contributed by atoms with Gasteiger partial charge in [0.1, 0.15) is 0 Å². The van der Waals surface area contributed by atoms with Crippen LogP contribution in [0.15, 0.2) is 0 Å². The summed E-state index contributed by atoms with van der Waals surface area (Å²) >= 11 is 4.05. The number of hydrogen-bond acceptors (Lipinski definition) is 2. The lowest BCUT2D eigenvalue weighted by atomic mass is 10.2. The van der Waals surface area contributed by atoms with E-state index >= 15 is 0 Å². The predicted octanol–water partition coefficient (Wildman–Crippen LogP) is 1.93. The highest BCUT2D eigenvalue weighted by molar-refractivity contribution is 7.80. The molecule has 0 rings (SSSR count). The van der Waals surface area contributed by atoms with E-state index in [-0.39, 0.29) is 5.44 Å². The van der Waals surface area contributed by atoms with Crippen LogP contribution < -0.4 is 0 Å². The van der Waals surface area contributed by atoms with Crippen molar-refractivity contribution < 1.29 is 4.74 Å². The molecule has 0 aliphatic heterocycles. The first-order chi connectivity index (χ1) is 3.63. The van der Waals surface area contributed by atoms with Gasteiger partial charge in [-0.15, -0.1) is 12.6 Å². The Kier molecular flexibility index (Phi) is 4.38. The highest BCUT2D eigenvalue weighted by Crippen LogP contribution is 1.99. The third-order valence-electron chi connectivity index (χ3n) is 0.671. The van der Waals surface area contributed by atoms with Crippen LogP contribution in [0.4, 0.5) is 0 Å². The largest absolute Gasteiger partial charge is 0.368 e. The van der Waals surface area contributed by atoms with Crippen molar-refractivity contribution in [1.29, 1.82) is 0 Å². The lowest BCUT2D eigenvalue weighted by Crippen LogP contribution is -2.06. The minimum atomic E-state index is 0.0809. The van der Waals surface area contributed by atoms with E-state index < -0.39 is 0 Å². The number of rotatable bonds is 3. The summed E-state index contributed by atoms with van der Waals surface area (Å²) < 4.78 is 5.17. The van der Waals surface area contributed by atoms with Gasteiger partial charge in [-0.3, -0.25) is 0 Å². The summed E-state index contributed by atoms with van der Waals surface area (Å²) in [5, 5.41) is 0. The highest BCUT2D eigenvalue weighted by Gasteiger charge is 1.95. The first-order valence-corrected chi connectivity index (χ1v) is 3.44. The molecule has 0 bridgehead atoms. The summed E-state index contributed by atoms with van der Waals surface area (Å²) in [6.45, 7) is 6.97. The van der Waals surface area contributed by atoms with Crippen LogP contribution in [-0.4, -0.2) is 12.0 Å². The maximum atomic E-state index is 5.17. The standard InChI is InChI=1S/C6H14OS/c1-5(2)4-7-6(3)8/h5-6,8H,4H2,1-3H3. The Morgan fingerprint density at radius 3 is 2.00 bits per heavy atom. The Balaban J connectivity index is 2.93. The Morgan fingerprint density at radius 2 is 1.88 bits per heavy atom. The van der Waals surface area contributed by atoms with Crippen molar-refractivity contribution in [2.75, 3.05) is 6.61 Å². The molecular formula is C6H14OS. The molecule has 8 heavy (non-hydrogen) atoms. The normalized spacial score (nSPS) is 14.6. The second-order valence-electron chi connectivity index (χ2n) is 2.33. The van der Waals surface area contributed by atoms with Gasteiger partial charge in [0.05, 0.1) is 12.0 Å². The van der Waals surface area contributed by atoms with Gasteiger partial charge in [0.15, 0.2) is 0 Å². The zero-order chi connectivity index (χ0) is 6.57. The first-order valence-electron chi connectivity index (χ1n) is 2.92. The van der Waals surface area contributed by atoms with Gasteiger partial charge in [0, 0.05) is 0 Å². The van der Waals surface area contributed by atoms with Crippen LogP contribution in [-0.2, 0) is 4.74 Å². The van der Waals surface area contributed by atoms with Gasteiger partial charge in [0.2, 0.25) is 0 Å². The van der Waals surface area contributed by atoms with Crippen LogP contribution in [0.2, 0.25) is 0 Å². The number of ether oxygens (including phenoxy) is 1. The van der Waals surface area contributed by atoms with Crippen molar-refractivity contribution in [3.05, 3.63) is 0 Å². The van der Waals surface area contributed by atoms with E-state index in [4.69, 9.17) is 4.74 Å². The van der Waals surface area contributed by atoms with Crippen molar-refractivity contribution >= 4 is 12.6 Å². The van der Waals surface area contributed by atoms with Crippen LogP contribution in [0.5, 0.6) is 0 Å². The van der Waals surface area contributed by atoms with E-state index in [0.717, 1.165) is 6.61 Å². The van der Waals surface area contributed by atoms with E-state index in [1.807, 2.05) is 6.92 Å². The van der Waals surface area contributed by atoms with Gasteiger partial charge in [-0.2, -0.15) is 0 Å². The molecule has 50 valence electrons. The molecule has 0 N–H and O–H groups in total. The molecule has 1 unspecified atom stereocenters. The third kappa shape index (κ3) is 6.31. The van der Waals surface area contributed by atoms with Gasteiger partial charge in [-0.05, 0) is 12.8 Å². The van der Waals surface area contributed by atoms with Crippen molar-refractivity contribution in [2.45, 2.75) is 26.2 Å². The highest BCUT2D eigenvalue weighted by atomic mass is 32.1. The van der Waals surface area contributed by atoms with Gasteiger partial charge < -0.3 is 4.74 Å². The first kappa shape index (κ1) is 8.31. The fraction of sp³-hybridized carbons (Fsp3) is 1.00. The van der Waals surface area contributed by atoms with E-state index in [0.29, 0.717) is 5.92 Å². The summed E-state index contributed by atoms with van der Waals surface area (Å²) in [6, 6.07) is 0. The molecule has 0 amide bonds. The van der Waals surface area contributed by atoms with E-state index in [2.05, 4.69) is 26.5 Å². The Hall–Kier alpha value is 0.310. The van der Waals surface area contributed by atoms with Crippen molar-refractivity contribution in [3.63, 3.8) is 0 Å². The van der Waals surface area contributed by atoms with Gasteiger partial charge in [0.25, 0.3) is 0 Å². The zero-order valence-corrected chi connectivity index (χ0v) is 6.61. The molecule has 2 heteroatoms. The van der Waals surface area contributed by atoms with Crippen LogP contribution >= 0.6 is 12.6 Å². The van der Waals surface area contributed by atoms with E-state index in [9.17, 15) is 0 Å². The molecular weight excluding hydrogens is 120 g/mol. The Bertz CT molecular complexity index is 44.5. The topological polar surface area (TPSA) is 9.23 Å². The molecule has 0 spiro atoms. The molecule has 0 radical (unpaired) electrons. The minimum Gasteiger partial charge on any atom is -0.368 e. The second kappa shape index (κ2) is 4.21. The number of hydrogen-bond donors (Lipinski definition) is 1. The summed E-state index contributed by atoms with van der Waals surface area (Å²) in [6.07, 6.45) is 0. The van der Waals surface area contributed by atoms with Gasteiger partial charge >= 0.3 is 0 Å². The summed E-state index contributed by atoms with van der Waals surface area (Å²) in [4.78, 5) is 0. The summed E-state index contributed by atoms with van der Waals surface area (Å²) in [5.41, 5.74) is 0.0809. The molecule has 0 aromatic rings. The Labute approximate surface area is 56.8 Å². The summed E-state index contributed by atoms with van der Waals surface area (Å²) in [5.74, 6) is 0.615. The minimum absolute atomic E-state index is 0.0809. The molecule has 1 nitrogen and oxygen atoms in total. The van der Waals surface area contributed by atoms with Crippen molar-refractivity contribution in [1.82, 2.24) is 0 Å². The quantitative estimate of drug-likeness (QED) is 0.458. The van der Waals surface area contributed by atoms with Crippen LogP contribution in [0.25, 0.3) is 0 Å². The van der Waals surface area contributed by atoms with Gasteiger partial charge in [-0.25, -0.2) is 0 Å². The molecule has 0 fully saturated rings. The smallest absolute Gasteiger partial charge is 0.0971 e. The molecule has 0 heterocycles. The van der Waals surface area contributed by atoms with Crippen LogP contribution in [0.3, 0.4) is 0 Å². The average molecular weight is 134 g/mol. The van der Waals surface area contributed by atoms with Gasteiger partial charge in [-0.1, -0.05) is 13.8 Å². The number of thiol groups is 1. The monoisotopic (exact) mass is 134 g/mol. The maximum Gasteiger partial charge on any atom is 0.0971 e. The molecule has 0 aliphatic carbocycles. The molecule has 0 aliphatic rings. The molecule has 1 atom stereocenters. The maximum absolute atomic E-state index is 5.17. The fourth-order valence-corrected chi connectivity index (χ4v) is 0.418. The predicted molar refractivity (Wildman–Crippen MR) is 39.2 cm³/mol. The average Bonchev–Trinajstić information content (AvgIpc) is 1.61. The molecule has 0 aromatic heterocycles. The SMILES string of the molecule is CC(C)COC(C)S. The lowest BCUT2D eigenvalue weighted by molar-refractivity contribution is 0.101. The van der Waals surface area contributed by atoms with E-state index in [1.165, 1.54) is 0 Å². The zero-order valence-electron chi connectivity index (χ0n) is 5.72. The second-order valence-corrected chi connectivity index (χ2v) is 3.05.